The van der Waals surface area contributed by atoms with Crippen LogP contribution in [0.5, 0.6) is 0 Å². The highest BCUT2D eigenvalue weighted by Crippen LogP contribution is 2.15. The van der Waals surface area contributed by atoms with Gasteiger partial charge in [-0.05, 0) is 25.1 Å². The van der Waals surface area contributed by atoms with Crippen molar-refractivity contribution in [3.63, 3.8) is 0 Å². The van der Waals surface area contributed by atoms with Crippen LogP contribution in [0, 0.1) is 6.92 Å². The van der Waals surface area contributed by atoms with Crippen LogP contribution in [0.2, 0.25) is 0 Å². The molecule has 0 saturated heterocycles. The van der Waals surface area contributed by atoms with Crippen molar-refractivity contribution in [3.05, 3.63) is 48.4 Å². The van der Waals surface area contributed by atoms with E-state index in [4.69, 9.17) is 0 Å². The molecule has 1 amide bonds. The largest absolute Gasteiger partial charge is 0.325 e. The lowest BCUT2D eigenvalue weighted by Gasteiger charge is -2.04. The lowest BCUT2D eigenvalue weighted by Crippen LogP contribution is -2.13. The van der Waals surface area contributed by atoms with Crippen LogP contribution in [0.25, 0.3) is 0 Å². The van der Waals surface area contributed by atoms with Crippen LogP contribution in [0.3, 0.4) is 0 Å². The van der Waals surface area contributed by atoms with Crippen LogP contribution in [0.15, 0.2) is 47.8 Å². The number of para-hydroxylation sites is 1. The maximum absolute atomic E-state index is 11.7. The zero-order valence-electron chi connectivity index (χ0n) is 9.96. The first-order valence-corrected chi connectivity index (χ1v) is 6.49. The standard InChI is InChI=1S/C13H13N3OS/c1-10-7-13(15-9-14-10)18-8-12(17)16-11-5-3-2-4-6-11/h2-7,9H,8H2,1H3,(H,16,17). The third kappa shape index (κ3) is 3.85. The van der Waals surface area contributed by atoms with Gasteiger partial charge in [0.15, 0.2) is 0 Å². The number of thioether (sulfide) groups is 1. The van der Waals surface area contributed by atoms with Crippen LogP contribution >= 0.6 is 11.8 Å². The molecule has 2 rings (SSSR count). The molecule has 0 aliphatic rings. The predicted octanol–water partition coefficient (Wildman–Crippen LogP) is 2.52. The monoisotopic (exact) mass is 259 g/mol. The van der Waals surface area contributed by atoms with Crippen molar-refractivity contribution in [2.75, 3.05) is 11.1 Å². The van der Waals surface area contributed by atoms with Crippen molar-refractivity contribution in [2.45, 2.75) is 11.9 Å². The fraction of sp³-hybridized carbons (Fsp3) is 0.154. The molecular formula is C13H13N3OS. The summed E-state index contributed by atoms with van der Waals surface area (Å²) < 4.78 is 0. The number of nitrogens with one attached hydrogen (secondary N) is 1. The molecular weight excluding hydrogens is 246 g/mol. The lowest BCUT2D eigenvalue weighted by atomic mass is 10.3. The number of aromatic nitrogens is 2. The van der Waals surface area contributed by atoms with E-state index >= 15 is 0 Å². The first kappa shape index (κ1) is 12.6. The second-order valence-electron chi connectivity index (χ2n) is 3.70. The van der Waals surface area contributed by atoms with E-state index in [1.807, 2.05) is 43.3 Å². The zero-order chi connectivity index (χ0) is 12.8. The molecule has 0 aliphatic heterocycles. The number of hydrogen-bond acceptors (Lipinski definition) is 4. The molecule has 5 heteroatoms. The average Bonchev–Trinajstić information content (AvgIpc) is 2.38. The van der Waals surface area contributed by atoms with E-state index in [1.165, 1.54) is 18.1 Å². The van der Waals surface area contributed by atoms with Crippen molar-refractivity contribution >= 4 is 23.4 Å². The SMILES string of the molecule is Cc1cc(SCC(=O)Nc2ccccc2)ncn1. The number of carbonyl (C=O) groups is 1. The van der Waals surface area contributed by atoms with Crippen molar-refractivity contribution in [1.29, 1.82) is 0 Å². The summed E-state index contributed by atoms with van der Waals surface area (Å²) in [7, 11) is 0. The quantitative estimate of drug-likeness (QED) is 0.677. The molecule has 0 fully saturated rings. The summed E-state index contributed by atoms with van der Waals surface area (Å²) in [5.74, 6) is 0.299. The number of nitrogens with zero attached hydrogens (tertiary/aromatic N) is 2. The molecule has 1 aromatic carbocycles. The van der Waals surface area contributed by atoms with Gasteiger partial charge in [0.05, 0.1) is 5.75 Å². The summed E-state index contributed by atoms with van der Waals surface area (Å²) in [6, 6.07) is 11.3. The topological polar surface area (TPSA) is 54.9 Å². The molecule has 0 atom stereocenters. The lowest BCUT2D eigenvalue weighted by molar-refractivity contribution is -0.113. The molecule has 18 heavy (non-hydrogen) atoms. The van der Waals surface area contributed by atoms with Crippen LogP contribution < -0.4 is 5.32 Å². The Balaban J connectivity index is 1.85. The Morgan fingerprint density at radius 3 is 2.78 bits per heavy atom. The van der Waals surface area contributed by atoms with Crippen LogP contribution in [-0.2, 0) is 4.79 Å². The molecule has 0 unspecified atom stereocenters. The number of anilines is 1. The summed E-state index contributed by atoms with van der Waals surface area (Å²) in [5.41, 5.74) is 1.71. The Hall–Kier alpha value is -1.88. The zero-order valence-corrected chi connectivity index (χ0v) is 10.8. The van der Waals surface area contributed by atoms with Gasteiger partial charge >= 0.3 is 0 Å². The number of rotatable bonds is 4. The Morgan fingerprint density at radius 2 is 2.06 bits per heavy atom. The smallest absolute Gasteiger partial charge is 0.234 e. The van der Waals surface area contributed by atoms with Crippen molar-refractivity contribution in [2.24, 2.45) is 0 Å². The van der Waals surface area contributed by atoms with Gasteiger partial charge in [0.2, 0.25) is 5.91 Å². The third-order valence-corrected chi connectivity index (χ3v) is 3.11. The van der Waals surface area contributed by atoms with Gasteiger partial charge in [0.1, 0.15) is 11.4 Å². The first-order valence-electron chi connectivity index (χ1n) is 5.50. The second-order valence-corrected chi connectivity index (χ2v) is 4.70. The van der Waals surface area contributed by atoms with E-state index in [2.05, 4.69) is 15.3 Å². The van der Waals surface area contributed by atoms with Gasteiger partial charge < -0.3 is 5.32 Å². The number of benzene rings is 1. The fourth-order valence-corrected chi connectivity index (χ4v) is 2.09. The third-order valence-electron chi connectivity index (χ3n) is 2.19. The summed E-state index contributed by atoms with van der Waals surface area (Å²) in [6.45, 7) is 1.90. The minimum absolute atomic E-state index is 0.0394. The van der Waals surface area contributed by atoms with Gasteiger partial charge in [-0.25, -0.2) is 9.97 Å². The minimum Gasteiger partial charge on any atom is -0.325 e. The highest BCUT2D eigenvalue weighted by Gasteiger charge is 2.04. The van der Waals surface area contributed by atoms with Crippen molar-refractivity contribution in [3.8, 4) is 0 Å². The maximum Gasteiger partial charge on any atom is 0.234 e. The summed E-state index contributed by atoms with van der Waals surface area (Å²) in [4.78, 5) is 19.8. The Morgan fingerprint density at radius 1 is 1.28 bits per heavy atom. The van der Waals surface area contributed by atoms with E-state index in [0.29, 0.717) is 5.75 Å². The fourth-order valence-electron chi connectivity index (χ4n) is 1.37. The number of aryl methyl sites for hydroxylation is 1. The average molecular weight is 259 g/mol. The molecule has 0 saturated carbocycles. The van der Waals surface area contributed by atoms with E-state index in [1.54, 1.807) is 0 Å². The van der Waals surface area contributed by atoms with Gasteiger partial charge in [-0.2, -0.15) is 0 Å². The van der Waals surface area contributed by atoms with Gasteiger partial charge in [0.25, 0.3) is 0 Å². The summed E-state index contributed by atoms with van der Waals surface area (Å²) in [5, 5.41) is 3.63. The van der Waals surface area contributed by atoms with Gasteiger partial charge in [-0.15, -0.1) is 0 Å². The van der Waals surface area contributed by atoms with Crippen LogP contribution in [0.1, 0.15) is 5.69 Å². The molecule has 1 aromatic heterocycles. The number of amides is 1. The van der Waals surface area contributed by atoms with Gasteiger partial charge in [0, 0.05) is 11.4 Å². The normalized spacial score (nSPS) is 10.1. The van der Waals surface area contributed by atoms with Crippen molar-refractivity contribution < 1.29 is 4.79 Å². The Labute approximate surface area is 110 Å². The molecule has 0 bridgehead atoms. The van der Waals surface area contributed by atoms with E-state index in [0.717, 1.165) is 16.4 Å². The van der Waals surface area contributed by atoms with E-state index in [-0.39, 0.29) is 5.91 Å². The highest BCUT2D eigenvalue weighted by molar-refractivity contribution is 7.99. The molecule has 1 N–H and O–H groups in total. The van der Waals surface area contributed by atoms with Crippen LogP contribution in [-0.4, -0.2) is 21.6 Å². The number of carbonyl (C=O) groups excluding carboxylic acids is 1. The maximum atomic E-state index is 11.7. The summed E-state index contributed by atoms with van der Waals surface area (Å²) >= 11 is 1.40. The van der Waals surface area contributed by atoms with E-state index in [9.17, 15) is 4.79 Å². The molecule has 1 heterocycles. The molecule has 0 spiro atoms. The van der Waals surface area contributed by atoms with Gasteiger partial charge in [-0.1, -0.05) is 30.0 Å². The minimum atomic E-state index is -0.0394. The highest BCUT2D eigenvalue weighted by atomic mass is 32.2. The molecule has 0 aliphatic carbocycles. The molecule has 2 aromatic rings. The van der Waals surface area contributed by atoms with Crippen molar-refractivity contribution in [1.82, 2.24) is 9.97 Å². The Kier molecular flexibility index (Phi) is 4.30. The summed E-state index contributed by atoms with van der Waals surface area (Å²) in [6.07, 6.45) is 1.51. The molecule has 92 valence electrons. The molecule has 0 radical (unpaired) electrons. The molecule has 4 nitrogen and oxygen atoms in total. The van der Waals surface area contributed by atoms with Gasteiger partial charge in [-0.3, -0.25) is 4.79 Å². The first-order chi connectivity index (χ1) is 8.74. The number of hydrogen-bond donors (Lipinski definition) is 1. The van der Waals surface area contributed by atoms with Crippen LogP contribution in [0.4, 0.5) is 5.69 Å². The predicted molar refractivity (Wildman–Crippen MR) is 72.6 cm³/mol. The Bertz CT molecular complexity index is 531. The van der Waals surface area contributed by atoms with E-state index < -0.39 is 0 Å². The second kappa shape index (κ2) is 6.16.